The van der Waals surface area contributed by atoms with Crippen LogP contribution in [0.1, 0.15) is 42.1 Å². The maximum Gasteiger partial charge on any atom is 0.337 e. The van der Waals surface area contributed by atoms with E-state index in [1.165, 1.54) is 13.3 Å². The molecule has 0 aliphatic carbocycles. The Hall–Kier alpha value is -5.01. The lowest BCUT2D eigenvalue weighted by Crippen LogP contribution is -2.45. The second-order valence-corrected chi connectivity index (χ2v) is 11.3. The van der Waals surface area contributed by atoms with Crippen LogP contribution in [0.2, 0.25) is 0 Å². The minimum Gasteiger partial charge on any atom is -0.493 e. The fraction of sp³-hybridized carbons (Fsp3) is 0.273. The number of nitrogens with zero attached hydrogens (tertiary/aromatic N) is 2. The molecule has 0 spiro atoms. The lowest BCUT2D eigenvalue weighted by atomic mass is 9.95. The Labute approximate surface area is 285 Å². The van der Waals surface area contributed by atoms with E-state index in [1.807, 2.05) is 24.3 Å². The first-order chi connectivity index (χ1) is 22.7. The fourth-order valence-electron chi connectivity index (χ4n) is 4.64. The largest absolute Gasteiger partial charge is 0.493 e. The molecule has 1 aliphatic heterocycles. The Morgan fingerprint density at radius 2 is 1.87 bits per heavy atom. The highest BCUT2D eigenvalue weighted by Crippen LogP contribution is 2.35. The van der Waals surface area contributed by atoms with Crippen LogP contribution in [-0.2, 0) is 16.1 Å². The number of hydrogen-bond acceptors (Lipinski definition) is 11. The summed E-state index contributed by atoms with van der Waals surface area (Å²) in [5, 5.41) is 29.1. The van der Waals surface area contributed by atoms with Crippen LogP contribution >= 0.6 is 22.6 Å². The second kappa shape index (κ2) is 16.5. The van der Waals surface area contributed by atoms with Crippen molar-refractivity contribution in [1.82, 2.24) is 16.1 Å². The van der Waals surface area contributed by atoms with Gasteiger partial charge in [0.1, 0.15) is 13.2 Å². The number of nitrogens with one attached hydrogen (secondary N) is 3. The number of halogens is 1. The number of nitriles is 1. The Bertz CT molecular complexity index is 1700. The van der Waals surface area contributed by atoms with Gasteiger partial charge in [0.05, 0.1) is 50.3 Å². The van der Waals surface area contributed by atoms with Crippen molar-refractivity contribution in [3.8, 4) is 29.1 Å². The minimum atomic E-state index is -1.20. The molecule has 3 aromatic carbocycles. The molecule has 1 aliphatic rings. The highest BCUT2D eigenvalue weighted by atomic mass is 127. The molecule has 4 N–H and O–H groups in total. The van der Waals surface area contributed by atoms with Crippen LogP contribution in [-0.4, -0.2) is 57.0 Å². The smallest absolute Gasteiger partial charge is 0.337 e. The normalized spacial score (nSPS) is 14.8. The van der Waals surface area contributed by atoms with Crippen LogP contribution in [0.25, 0.3) is 0 Å². The number of amides is 2. The van der Waals surface area contributed by atoms with Crippen LogP contribution in [0.15, 0.2) is 71.0 Å². The zero-order valence-corrected chi connectivity index (χ0v) is 28.3. The quantitative estimate of drug-likeness (QED) is 0.0612. The summed E-state index contributed by atoms with van der Waals surface area (Å²) in [6, 6.07) is 16.6. The van der Waals surface area contributed by atoms with Crippen LogP contribution in [0.4, 0.5) is 4.79 Å². The molecule has 0 aromatic heterocycles. The number of carbonyl (C=O) groups excluding carboxylic acids is 2. The number of aliphatic hydroxyl groups is 1. The molecule has 14 heteroatoms. The molecule has 2 amide bonds. The highest BCUT2D eigenvalue weighted by Gasteiger charge is 2.32. The van der Waals surface area contributed by atoms with Crippen molar-refractivity contribution in [2.45, 2.75) is 32.7 Å². The van der Waals surface area contributed by atoms with E-state index < -0.39 is 24.3 Å². The number of carbonyl (C=O) groups is 2. The van der Waals surface area contributed by atoms with Gasteiger partial charge in [-0.2, -0.15) is 10.4 Å². The summed E-state index contributed by atoms with van der Waals surface area (Å²) in [5.74, 6) is 1.07. The lowest BCUT2D eigenvalue weighted by molar-refractivity contribution is -0.136. The first-order valence-corrected chi connectivity index (χ1v) is 15.5. The maximum absolute atomic E-state index is 12.5. The average molecular weight is 756 g/mol. The molecule has 13 nitrogen and oxygen atoms in total. The van der Waals surface area contributed by atoms with Crippen LogP contribution in [0.3, 0.4) is 0 Å². The van der Waals surface area contributed by atoms with Crippen molar-refractivity contribution >= 4 is 40.8 Å². The number of urea groups is 1. The van der Waals surface area contributed by atoms with E-state index in [2.05, 4.69) is 49.8 Å². The van der Waals surface area contributed by atoms with Gasteiger partial charge in [-0.05, 0) is 84.0 Å². The summed E-state index contributed by atoms with van der Waals surface area (Å²) >= 11 is 2.16. The molecule has 0 bridgehead atoms. The molecular weight excluding hydrogens is 721 g/mol. The zero-order valence-electron chi connectivity index (χ0n) is 26.1. The summed E-state index contributed by atoms with van der Waals surface area (Å²) in [5.41, 5.74) is 5.89. The third kappa shape index (κ3) is 9.05. The molecule has 0 fully saturated rings. The zero-order chi connectivity index (χ0) is 33.9. The van der Waals surface area contributed by atoms with E-state index in [9.17, 15) is 14.7 Å². The first-order valence-electron chi connectivity index (χ1n) is 14.4. The number of rotatable bonds is 14. The molecule has 0 saturated heterocycles. The van der Waals surface area contributed by atoms with E-state index in [0.29, 0.717) is 52.0 Å². The van der Waals surface area contributed by atoms with Gasteiger partial charge in [0.2, 0.25) is 0 Å². The van der Waals surface area contributed by atoms with Crippen LogP contribution in [0.5, 0.6) is 23.0 Å². The van der Waals surface area contributed by atoms with Gasteiger partial charge in [0.15, 0.2) is 29.2 Å². The van der Waals surface area contributed by atoms with E-state index in [1.54, 1.807) is 51.3 Å². The third-order valence-electron chi connectivity index (χ3n) is 6.83. The Kier molecular flexibility index (Phi) is 12.3. The number of benzene rings is 3. The Balaban J connectivity index is 1.44. The van der Waals surface area contributed by atoms with Gasteiger partial charge in [-0.3, -0.25) is 5.43 Å². The topological polar surface area (TPSA) is 173 Å². The molecule has 0 radical (unpaired) electrons. The molecule has 0 unspecified atom stereocenters. The van der Waals surface area contributed by atoms with Gasteiger partial charge in [-0.1, -0.05) is 18.2 Å². The van der Waals surface area contributed by atoms with Crippen molar-refractivity contribution < 1.29 is 38.4 Å². The number of esters is 1. The van der Waals surface area contributed by atoms with E-state index in [4.69, 9.17) is 28.9 Å². The summed E-state index contributed by atoms with van der Waals surface area (Å²) in [6.45, 7) is 3.79. The highest BCUT2D eigenvalue weighted by molar-refractivity contribution is 14.1. The summed E-state index contributed by atoms with van der Waals surface area (Å²) in [4.78, 5) is 24.7. The van der Waals surface area contributed by atoms with Gasteiger partial charge < -0.3 is 39.4 Å². The predicted molar refractivity (Wildman–Crippen MR) is 180 cm³/mol. The SMILES string of the molecule is CCOc1cc([C@@H]2NC(=O)NC(C)=C2C(=O)OC)ccc1OC[C@@H](O)N/N=C/c1cc(I)cc(OC)c1OCc1ccc(C#N)cc1. The Morgan fingerprint density at radius 1 is 1.11 bits per heavy atom. The van der Waals surface area contributed by atoms with Gasteiger partial charge in [0.25, 0.3) is 0 Å². The van der Waals surface area contributed by atoms with Gasteiger partial charge in [0, 0.05) is 14.8 Å². The minimum absolute atomic E-state index is 0.190. The number of ether oxygens (including phenoxy) is 5. The van der Waals surface area contributed by atoms with Crippen molar-refractivity contribution in [2.75, 3.05) is 27.4 Å². The number of hydrazone groups is 1. The predicted octanol–water partition coefficient (Wildman–Crippen LogP) is 4.27. The van der Waals surface area contributed by atoms with Crippen molar-refractivity contribution in [3.05, 3.63) is 91.7 Å². The standard InChI is InChI=1S/C33H34IN5O8/c1-5-45-26-13-22(30-29(32(41)44-4)19(2)37-33(42)38-30)10-11-25(26)46-18-28(40)39-36-16-23-12-24(34)14-27(43-3)31(23)47-17-21-8-6-20(15-35)7-9-21/h6-14,16,28,30,39-40H,5,17-18H2,1-4H3,(H2,37,38,42)/b36-16+/t28-,30+/m1/s1. The third-order valence-corrected chi connectivity index (χ3v) is 7.46. The number of hydrogen-bond donors (Lipinski definition) is 4. The van der Waals surface area contributed by atoms with Gasteiger partial charge >= 0.3 is 12.0 Å². The van der Waals surface area contributed by atoms with E-state index >= 15 is 0 Å². The fourth-order valence-corrected chi connectivity index (χ4v) is 5.26. The van der Waals surface area contributed by atoms with Gasteiger partial charge in [-0.15, -0.1) is 0 Å². The monoisotopic (exact) mass is 755 g/mol. The lowest BCUT2D eigenvalue weighted by Gasteiger charge is -2.28. The average Bonchev–Trinajstić information content (AvgIpc) is 3.06. The van der Waals surface area contributed by atoms with E-state index in [0.717, 1.165) is 9.13 Å². The molecule has 4 rings (SSSR count). The van der Waals surface area contributed by atoms with Crippen LogP contribution < -0.4 is 35.0 Å². The second-order valence-electron chi connectivity index (χ2n) is 10.0. The molecule has 1 heterocycles. The maximum atomic E-state index is 12.5. The number of aliphatic hydroxyl groups excluding tert-OH is 1. The molecule has 2 atom stereocenters. The Morgan fingerprint density at radius 3 is 2.55 bits per heavy atom. The van der Waals surface area contributed by atoms with Crippen molar-refractivity contribution in [2.24, 2.45) is 5.10 Å². The van der Waals surface area contributed by atoms with Gasteiger partial charge in [-0.25, -0.2) is 9.59 Å². The summed E-state index contributed by atoms with van der Waals surface area (Å²) < 4.78 is 29.0. The summed E-state index contributed by atoms with van der Waals surface area (Å²) in [6.07, 6.45) is 0.303. The molecule has 3 aromatic rings. The summed E-state index contributed by atoms with van der Waals surface area (Å²) in [7, 11) is 2.81. The molecule has 47 heavy (non-hydrogen) atoms. The van der Waals surface area contributed by atoms with Crippen molar-refractivity contribution in [3.63, 3.8) is 0 Å². The van der Waals surface area contributed by atoms with E-state index in [-0.39, 0.29) is 18.8 Å². The van der Waals surface area contributed by atoms with Crippen LogP contribution in [0, 0.1) is 14.9 Å². The molecule has 246 valence electrons. The first kappa shape index (κ1) is 34.9. The van der Waals surface area contributed by atoms with Crippen molar-refractivity contribution in [1.29, 1.82) is 5.26 Å². The molecule has 0 saturated carbocycles. The number of allylic oxidation sites excluding steroid dienone is 1. The number of methoxy groups -OCH3 is 2. The molecular formula is C33H34IN5O8.